The molecule has 168 valence electrons. The number of benzene rings is 2. The molecule has 32 heavy (non-hydrogen) atoms. The smallest absolute Gasteiger partial charge is 0.416 e. The molecule has 0 radical (unpaired) electrons. The second-order valence-corrected chi connectivity index (χ2v) is 7.47. The molecule has 4 rings (SSSR count). The Labute approximate surface area is 182 Å². The molecule has 9 heteroatoms. The van der Waals surface area contributed by atoms with Crippen molar-refractivity contribution in [2.24, 2.45) is 0 Å². The molecule has 0 bridgehead atoms. The topological polar surface area (TPSA) is 59.1 Å². The van der Waals surface area contributed by atoms with Gasteiger partial charge in [0.25, 0.3) is 5.91 Å². The Bertz CT molecular complexity index is 1030. The van der Waals surface area contributed by atoms with E-state index in [1.165, 1.54) is 24.3 Å². The lowest BCUT2D eigenvalue weighted by Crippen LogP contribution is -2.54. The van der Waals surface area contributed by atoms with Crippen LogP contribution in [0.15, 0.2) is 54.6 Å². The maximum absolute atomic E-state index is 12.8. The van der Waals surface area contributed by atoms with Crippen LogP contribution < -0.4 is 9.47 Å². The first-order valence-corrected chi connectivity index (χ1v) is 10.1. The second kappa shape index (κ2) is 8.94. The van der Waals surface area contributed by atoms with E-state index < -0.39 is 17.8 Å². The molecule has 0 aromatic heterocycles. The van der Waals surface area contributed by atoms with Crippen LogP contribution in [0.5, 0.6) is 11.5 Å². The van der Waals surface area contributed by atoms with E-state index in [0.717, 1.165) is 12.1 Å². The number of amides is 2. The van der Waals surface area contributed by atoms with Crippen LogP contribution >= 0.6 is 0 Å². The van der Waals surface area contributed by atoms with Gasteiger partial charge in [0.2, 0.25) is 12.0 Å². The van der Waals surface area contributed by atoms with Gasteiger partial charge < -0.3 is 19.3 Å². The predicted molar refractivity (Wildman–Crippen MR) is 110 cm³/mol. The van der Waals surface area contributed by atoms with Crippen LogP contribution in [0, 0.1) is 0 Å². The van der Waals surface area contributed by atoms with E-state index in [-0.39, 0.29) is 24.0 Å². The van der Waals surface area contributed by atoms with Crippen molar-refractivity contribution in [1.29, 1.82) is 0 Å². The van der Waals surface area contributed by atoms with E-state index in [1.54, 1.807) is 28.0 Å². The summed E-state index contributed by atoms with van der Waals surface area (Å²) in [6, 6.07) is 11.9. The Balaban J connectivity index is 1.30. The van der Waals surface area contributed by atoms with Crippen LogP contribution in [0.4, 0.5) is 13.2 Å². The minimum atomic E-state index is -4.44. The first kappa shape index (κ1) is 21.7. The molecular formula is C23H21F3N2O4. The van der Waals surface area contributed by atoms with E-state index in [9.17, 15) is 22.8 Å². The van der Waals surface area contributed by atoms with Crippen molar-refractivity contribution >= 4 is 17.9 Å². The predicted octanol–water partition coefficient (Wildman–Crippen LogP) is 3.23. The molecule has 1 saturated heterocycles. The molecule has 0 N–H and O–H groups in total. The largest absolute Gasteiger partial charge is 0.485 e. The van der Waals surface area contributed by atoms with Gasteiger partial charge in [-0.05, 0) is 35.9 Å². The number of para-hydroxylation sites is 2. The van der Waals surface area contributed by atoms with E-state index in [0.29, 0.717) is 37.7 Å². The van der Waals surface area contributed by atoms with Gasteiger partial charge in [-0.15, -0.1) is 0 Å². The molecule has 0 saturated carbocycles. The molecule has 2 aromatic carbocycles. The normalized spacial score (nSPS) is 18.7. The van der Waals surface area contributed by atoms with Gasteiger partial charge in [-0.2, -0.15) is 13.2 Å². The van der Waals surface area contributed by atoms with Crippen molar-refractivity contribution in [3.8, 4) is 11.5 Å². The third-order valence-corrected chi connectivity index (χ3v) is 5.32. The van der Waals surface area contributed by atoms with Gasteiger partial charge in [-0.25, -0.2) is 0 Å². The highest BCUT2D eigenvalue weighted by Crippen LogP contribution is 2.31. The fraction of sp³-hybridized carbons (Fsp3) is 0.304. The minimum absolute atomic E-state index is 0.120. The average molecular weight is 446 g/mol. The van der Waals surface area contributed by atoms with E-state index in [1.807, 2.05) is 6.07 Å². The van der Waals surface area contributed by atoms with E-state index in [4.69, 9.17) is 9.47 Å². The fourth-order valence-electron chi connectivity index (χ4n) is 3.58. The number of rotatable bonds is 3. The number of hydrogen-bond donors (Lipinski definition) is 0. The molecule has 2 aliphatic rings. The van der Waals surface area contributed by atoms with Gasteiger partial charge >= 0.3 is 6.18 Å². The highest BCUT2D eigenvalue weighted by atomic mass is 19.4. The first-order chi connectivity index (χ1) is 15.3. The summed E-state index contributed by atoms with van der Waals surface area (Å²) in [6.45, 7) is 1.44. The Hall–Kier alpha value is -3.49. The molecule has 2 heterocycles. The quantitative estimate of drug-likeness (QED) is 0.680. The van der Waals surface area contributed by atoms with Crippen molar-refractivity contribution in [2.75, 3.05) is 32.8 Å². The average Bonchev–Trinajstić information content (AvgIpc) is 2.81. The lowest BCUT2D eigenvalue weighted by molar-refractivity contribution is -0.145. The number of halogens is 3. The number of hydrogen-bond acceptors (Lipinski definition) is 4. The number of piperazine rings is 1. The molecular weight excluding hydrogens is 425 g/mol. The van der Waals surface area contributed by atoms with Crippen LogP contribution in [-0.4, -0.2) is 60.5 Å². The molecule has 0 spiro atoms. The standard InChI is InChI=1S/C23H21F3N2O4/c24-23(25,26)17-5-3-4-16(14-17)8-9-21(29)27-10-12-28(13-11-27)22(30)20-15-31-18-6-1-2-7-19(18)32-20/h1-9,14,20H,10-13,15H2/b9-8+/t20-/m1/s1. The Morgan fingerprint density at radius 3 is 2.34 bits per heavy atom. The highest BCUT2D eigenvalue weighted by molar-refractivity contribution is 5.92. The number of fused-ring (bicyclic) bond motifs is 1. The van der Waals surface area contributed by atoms with Crippen LogP contribution in [0.1, 0.15) is 11.1 Å². The van der Waals surface area contributed by atoms with Crippen molar-refractivity contribution in [3.63, 3.8) is 0 Å². The second-order valence-electron chi connectivity index (χ2n) is 7.47. The third kappa shape index (κ3) is 4.87. The monoisotopic (exact) mass is 446 g/mol. The van der Waals surface area contributed by atoms with Crippen LogP contribution in [0.2, 0.25) is 0 Å². The molecule has 0 aliphatic carbocycles. The van der Waals surface area contributed by atoms with Crippen molar-refractivity contribution in [1.82, 2.24) is 9.80 Å². The van der Waals surface area contributed by atoms with E-state index >= 15 is 0 Å². The van der Waals surface area contributed by atoms with E-state index in [2.05, 4.69) is 0 Å². The summed E-state index contributed by atoms with van der Waals surface area (Å²) in [4.78, 5) is 28.4. The van der Waals surface area contributed by atoms with Gasteiger partial charge in [0.15, 0.2) is 11.5 Å². The van der Waals surface area contributed by atoms with Crippen LogP contribution in [0.3, 0.4) is 0 Å². The summed E-state index contributed by atoms with van der Waals surface area (Å²) in [5.74, 6) is 0.594. The van der Waals surface area contributed by atoms with Crippen molar-refractivity contribution < 1.29 is 32.2 Å². The SMILES string of the molecule is O=C(/C=C/c1cccc(C(F)(F)F)c1)N1CCN(C(=O)[C@H]2COc3ccccc3O2)CC1. The summed E-state index contributed by atoms with van der Waals surface area (Å²) in [5, 5.41) is 0. The summed E-state index contributed by atoms with van der Waals surface area (Å²) in [7, 11) is 0. The number of nitrogens with zero attached hydrogens (tertiary/aromatic N) is 2. The van der Waals surface area contributed by atoms with Crippen molar-refractivity contribution in [3.05, 3.63) is 65.7 Å². The zero-order chi connectivity index (χ0) is 22.7. The Kier molecular flexibility index (Phi) is 6.07. The number of ether oxygens (including phenoxy) is 2. The third-order valence-electron chi connectivity index (χ3n) is 5.32. The molecule has 2 aliphatic heterocycles. The molecule has 2 amide bonds. The molecule has 2 aromatic rings. The maximum Gasteiger partial charge on any atom is 0.416 e. The molecule has 0 unspecified atom stereocenters. The molecule has 1 atom stereocenters. The fourth-order valence-corrected chi connectivity index (χ4v) is 3.58. The van der Waals surface area contributed by atoms with Gasteiger partial charge in [0.05, 0.1) is 5.56 Å². The lowest BCUT2D eigenvalue weighted by atomic mass is 10.1. The minimum Gasteiger partial charge on any atom is -0.485 e. The van der Waals surface area contributed by atoms with Gasteiger partial charge in [0, 0.05) is 32.3 Å². The summed E-state index contributed by atoms with van der Waals surface area (Å²) in [6.07, 6.45) is -2.57. The highest BCUT2D eigenvalue weighted by Gasteiger charge is 2.33. The molecule has 6 nitrogen and oxygen atoms in total. The summed E-state index contributed by atoms with van der Waals surface area (Å²) in [5.41, 5.74) is -0.479. The van der Waals surface area contributed by atoms with Crippen LogP contribution in [-0.2, 0) is 15.8 Å². The first-order valence-electron chi connectivity index (χ1n) is 10.1. The zero-order valence-corrected chi connectivity index (χ0v) is 17.0. The van der Waals surface area contributed by atoms with Crippen LogP contribution in [0.25, 0.3) is 6.08 Å². The maximum atomic E-state index is 12.8. The van der Waals surface area contributed by atoms with Gasteiger partial charge in [0.1, 0.15) is 6.61 Å². The number of carbonyl (C=O) groups is 2. The summed E-state index contributed by atoms with van der Waals surface area (Å²) < 4.78 is 49.8. The zero-order valence-electron chi connectivity index (χ0n) is 17.0. The summed E-state index contributed by atoms with van der Waals surface area (Å²) >= 11 is 0. The molecule has 1 fully saturated rings. The Morgan fingerprint density at radius 1 is 0.938 bits per heavy atom. The van der Waals surface area contributed by atoms with Gasteiger partial charge in [-0.1, -0.05) is 24.3 Å². The lowest BCUT2D eigenvalue weighted by Gasteiger charge is -2.36. The number of carbonyl (C=O) groups excluding carboxylic acids is 2. The number of alkyl halides is 3. The Morgan fingerprint density at radius 2 is 1.62 bits per heavy atom. The van der Waals surface area contributed by atoms with Gasteiger partial charge in [-0.3, -0.25) is 9.59 Å². The van der Waals surface area contributed by atoms with Crippen molar-refractivity contribution in [2.45, 2.75) is 12.3 Å².